The third-order valence-electron chi connectivity index (χ3n) is 4.80. The molecule has 3 rings (SSSR count). The van der Waals surface area contributed by atoms with E-state index in [-0.39, 0.29) is 11.1 Å². The monoisotopic (exact) mass is 364 g/mol. The van der Waals surface area contributed by atoms with E-state index in [2.05, 4.69) is 9.97 Å². The molecule has 0 spiro atoms. The third kappa shape index (κ3) is 3.78. The molecular formula is C19H22F2N2OS. The Morgan fingerprint density at radius 2 is 1.92 bits per heavy atom. The van der Waals surface area contributed by atoms with Crippen LogP contribution in [0.25, 0.3) is 0 Å². The number of thioether (sulfide) groups is 1. The summed E-state index contributed by atoms with van der Waals surface area (Å²) in [6.45, 7) is 3.55. The molecule has 3 nitrogen and oxygen atoms in total. The maximum Gasteiger partial charge on any atom is 0.254 e. The van der Waals surface area contributed by atoms with Gasteiger partial charge < -0.3 is 4.98 Å². The molecule has 2 aromatic rings. The number of aromatic amines is 1. The second-order valence-electron chi connectivity index (χ2n) is 6.47. The summed E-state index contributed by atoms with van der Waals surface area (Å²) in [5.41, 5.74) is 0.713. The van der Waals surface area contributed by atoms with Crippen LogP contribution >= 0.6 is 11.8 Å². The molecular weight excluding hydrogens is 342 g/mol. The maximum absolute atomic E-state index is 14.2. The number of nitrogens with one attached hydrogen (secondary N) is 1. The van der Waals surface area contributed by atoms with Crippen molar-refractivity contribution in [2.45, 2.75) is 62.3 Å². The summed E-state index contributed by atoms with van der Waals surface area (Å²) in [5.74, 6) is -1.84. The van der Waals surface area contributed by atoms with Gasteiger partial charge in [0.05, 0.1) is 5.69 Å². The van der Waals surface area contributed by atoms with E-state index in [1.54, 1.807) is 18.7 Å². The molecule has 0 bridgehead atoms. The lowest BCUT2D eigenvalue weighted by Gasteiger charge is -2.18. The normalized spacial score (nSPS) is 16.3. The quantitative estimate of drug-likeness (QED) is 0.776. The number of benzene rings is 1. The number of H-pyrrole nitrogens is 1. The minimum atomic E-state index is -0.624. The lowest BCUT2D eigenvalue weighted by Crippen LogP contribution is -2.21. The fourth-order valence-corrected chi connectivity index (χ4v) is 4.66. The number of nitrogens with zero attached hydrogens (tertiary/aromatic N) is 1. The van der Waals surface area contributed by atoms with E-state index >= 15 is 0 Å². The van der Waals surface area contributed by atoms with Crippen molar-refractivity contribution >= 4 is 11.8 Å². The standard InChI is InChI=1S/C19H22F2N2OS/c1-3-13-17(11(2)16-14(20)9-6-10-15(16)21)22-19(23-18(13)24)25-12-7-4-5-8-12/h6,9-12H,3-5,7-8H2,1-2H3,(H,22,23,24). The van der Waals surface area contributed by atoms with Gasteiger partial charge in [0.2, 0.25) is 0 Å². The van der Waals surface area contributed by atoms with Gasteiger partial charge in [-0.05, 0) is 31.4 Å². The first-order valence-electron chi connectivity index (χ1n) is 8.75. The van der Waals surface area contributed by atoms with Gasteiger partial charge in [-0.25, -0.2) is 13.8 Å². The minimum absolute atomic E-state index is 0.0351. The van der Waals surface area contributed by atoms with E-state index in [9.17, 15) is 13.6 Å². The van der Waals surface area contributed by atoms with Crippen LogP contribution in [0.2, 0.25) is 0 Å². The number of hydrogen-bond acceptors (Lipinski definition) is 3. The summed E-state index contributed by atoms with van der Waals surface area (Å²) >= 11 is 1.57. The molecule has 1 atom stereocenters. The SMILES string of the molecule is CCc1c(C(C)c2c(F)cccc2F)nc(SC2CCCC2)[nH]c1=O. The Bertz CT molecular complexity index is 795. The van der Waals surface area contributed by atoms with Crippen LogP contribution in [0.1, 0.15) is 62.3 Å². The van der Waals surface area contributed by atoms with Gasteiger partial charge in [-0.2, -0.15) is 0 Å². The predicted octanol–water partition coefficient (Wildman–Crippen LogP) is 4.80. The van der Waals surface area contributed by atoms with Crippen molar-refractivity contribution in [3.8, 4) is 0 Å². The van der Waals surface area contributed by atoms with E-state index in [1.807, 2.05) is 6.92 Å². The second kappa shape index (κ2) is 7.68. The largest absolute Gasteiger partial charge is 0.301 e. The maximum atomic E-state index is 14.2. The highest BCUT2D eigenvalue weighted by atomic mass is 32.2. The Labute approximate surface area is 150 Å². The minimum Gasteiger partial charge on any atom is -0.301 e. The molecule has 0 amide bonds. The molecule has 1 aliphatic carbocycles. The van der Waals surface area contributed by atoms with Gasteiger partial charge in [-0.1, -0.05) is 44.5 Å². The Kier molecular flexibility index (Phi) is 5.57. The zero-order valence-corrected chi connectivity index (χ0v) is 15.3. The van der Waals surface area contributed by atoms with Crippen LogP contribution in [0.3, 0.4) is 0 Å². The van der Waals surface area contributed by atoms with Crippen LogP contribution in [0.15, 0.2) is 28.2 Å². The lowest BCUT2D eigenvalue weighted by molar-refractivity contribution is 0.542. The van der Waals surface area contributed by atoms with E-state index in [0.717, 1.165) is 12.8 Å². The topological polar surface area (TPSA) is 45.8 Å². The van der Waals surface area contributed by atoms with E-state index < -0.39 is 17.6 Å². The van der Waals surface area contributed by atoms with Gasteiger partial charge in [0.1, 0.15) is 11.6 Å². The van der Waals surface area contributed by atoms with Crippen molar-refractivity contribution in [2.75, 3.05) is 0 Å². The number of aromatic nitrogens is 2. The first-order chi connectivity index (χ1) is 12.0. The molecule has 1 heterocycles. The summed E-state index contributed by atoms with van der Waals surface area (Å²) in [4.78, 5) is 19.9. The van der Waals surface area contributed by atoms with Crippen molar-refractivity contribution in [2.24, 2.45) is 0 Å². The summed E-state index contributed by atoms with van der Waals surface area (Å²) in [5, 5.41) is 0.997. The van der Waals surface area contributed by atoms with Gasteiger partial charge in [0.15, 0.2) is 5.16 Å². The zero-order chi connectivity index (χ0) is 18.0. The van der Waals surface area contributed by atoms with Crippen molar-refractivity contribution in [3.05, 3.63) is 57.0 Å². The molecule has 1 aliphatic rings. The fourth-order valence-electron chi connectivity index (χ4n) is 3.47. The molecule has 6 heteroatoms. The lowest BCUT2D eigenvalue weighted by atomic mass is 9.93. The second-order valence-corrected chi connectivity index (χ2v) is 7.76. The first kappa shape index (κ1) is 18.1. The Morgan fingerprint density at radius 1 is 1.28 bits per heavy atom. The first-order valence-corrected chi connectivity index (χ1v) is 9.62. The van der Waals surface area contributed by atoms with E-state index in [1.165, 1.54) is 31.0 Å². The molecule has 1 aromatic heterocycles. The Hall–Kier alpha value is -1.69. The summed E-state index contributed by atoms with van der Waals surface area (Å²) in [6.07, 6.45) is 5.07. The summed E-state index contributed by atoms with van der Waals surface area (Å²) in [6, 6.07) is 3.82. The molecule has 1 aromatic carbocycles. The Morgan fingerprint density at radius 3 is 2.52 bits per heavy atom. The zero-order valence-electron chi connectivity index (χ0n) is 14.4. The van der Waals surface area contributed by atoms with Crippen LogP contribution in [0.5, 0.6) is 0 Å². The number of halogens is 2. The number of rotatable bonds is 5. The molecule has 134 valence electrons. The van der Waals surface area contributed by atoms with Gasteiger partial charge in [-0.15, -0.1) is 0 Å². The van der Waals surface area contributed by atoms with Gasteiger partial charge in [-0.3, -0.25) is 4.79 Å². The predicted molar refractivity (Wildman–Crippen MR) is 96.2 cm³/mol. The van der Waals surface area contributed by atoms with E-state index in [0.29, 0.717) is 28.1 Å². The van der Waals surface area contributed by atoms with Crippen LogP contribution in [-0.4, -0.2) is 15.2 Å². The highest BCUT2D eigenvalue weighted by Crippen LogP contribution is 2.34. The van der Waals surface area contributed by atoms with Crippen molar-refractivity contribution in [1.82, 2.24) is 9.97 Å². The smallest absolute Gasteiger partial charge is 0.254 e. The Balaban J connectivity index is 2.03. The summed E-state index contributed by atoms with van der Waals surface area (Å²) in [7, 11) is 0. The third-order valence-corrected chi connectivity index (χ3v) is 6.02. The highest BCUT2D eigenvalue weighted by Gasteiger charge is 2.24. The summed E-state index contributed by atoms with van der Waals surface area (Å²) < 4.78 is 28.4. The van der Waals surface area contributed by atoms with Crippen molar-refractivity contribution < 1.29 is 8.78 Å². The number of hydrogen-bond donors (Lipinski definition) is 1. The van der Waals surface area contributed by atoms with E-state index in [4.69, 9.17) is 0 Å². The van der Waals surface area contributed by atoms with Crippen molar-refractivity contribution in [3.63, 3.8) is 0 Å². The molecule has 0 aliphatic heterocycles. The molecule has 0 radical (unpaired) electrons. The molecule has 1 N–H and O–H groups in total. The molecule has 0 saturated heterocycles. The van der Waals surface area contributed by atoms with Gasteiger partial charge in [0.25, 0.3) is 5.56 Å². The van der Waals surface area contributed by atoms with Crippen LogP contribution in [0.4, 0.5) is 8.78 Å². The van der Waals surface area contributed by atoms with Crippen molar-refractivity contribution in [1.29, 1.82) is 0 Å². The fraction of sp³-hybridized carbons (Fsp3) is 0.474. The highest BCUT2D eigenvalue weighted by molar-refractivity contribution is 7.99. The molecule has 1 unspecified atom stereocenters. The van der Waals surface area contributed by atoms with Gasteiger partial charge >= 0.3 is 0 Å². The van der Waals surface area contributed by atoms with Gasteiger partial charge in [0, 0.05) is 22.3 Å². The van der Waals surface area contributed by atoms with Crippen LogP contribution in [0, 0.1) is 11.6 Å². The van der Waals surface area contributed by atoms with Crippen LogP contribution in [-0.2, 0) is 6.42 Å². The molecule has 1 fully saturated rings. The average molecular weight is 364 g/mol. The van der Waals surface area contributed by atoms with Crippen LogP contribution < -0.4 is 5.56 Å². The molecule has 1 saturated carbocycles. The average Bonchev–Trinajstić information content (AvgIpc) is 3.07. The molecule has 25 heavy (non-hydrogen) atoms.